The van der Waals surface area contributed by atoms with Crippen LogP contribution in [0, 0.1) is 0 Å². The maximum atomic E-state index is 12.1. The highest BCUT2D eigenvalue weighted by atomic mass is 32.1. The number of nitrogens with one attached hydrogen (secondary N) is 1. The van der Waals surface area contributed by atoms with Gasteiger partial charge in [0.05, 0.1) is 26.0 Å². The SMILES string of the molecule is CN(Cc1ccco1)C(=O)Nc1nnc(CCN2CCOCC2)s1. The fourth-order valence-electron chi connectivity index (χ4n) is 2.38. The van der Waals surface area contributed by atoms with Crippen LogP contribution in [0.2, 0.25) is 0 Å². The molecule has 0 aliphatic carbocycles. The second-order valence-corrected chi connectivity index (χ2v) is 6.63. The molecule has 3 heterocycles. The molecule has 8 nitrogen and oxygen atoms in total. The Balaban J connectivity index is 1.45. The summed E-state index contributed by atoms with van der Waals surface area (Å²) in [5, 5.41) is 12.4. The summed E-state index contributed by atoms with van der Waals surface area (Å²) < 4.78 is 10.6. The molecule has 2 aromatic rings. The van der Waals surface area contributed by atoms with Crippen LogP contribution in [0.4, 0.5) is 9.93 Å². The lowest BCUT2D eigenvalue weighted by Gasteiger charge is -2.25. The molecule has 0 spiro atoms. The molecule has 1 saturated heterocycles. The minimum absolute atomic E-state index is 0.234. The number of aromatic nitrogens is 2. The van der Waals surface area contributed by atoms with Crippen molar-refractivity contribution in [3.63, 3.8) is 0 Å². The van der Waals surface area contributed by atoms with E-state index in [-0.39, 0.29) is 6.03 Å². The normalized spacial score (nSPS) is 15.4. The number of carbonyl (C=O) groups is 1. The van der Waals surface area contributed by atoms with Gasteiger partial charge >= 0.3 is 6.03 Å². The van der Waals surface area contributed by atoms with E-state index in [4.69, 9.17) is 9.15 Å². The number of urea groups is 1. The van der Waals surface area contributed by atoms with Gasteiger partial charge in [-0.25, -0.2) is 4.79 Å². The third kappa shape index (κ3) is 4.76. The number of morpholine rings is 1. The summed E-state index contributed by atoms with van der Waals surface area (Å²) >= 11 is 1.41. The second kappa shape index (κ2) is 8.22. The molecular formula is C15H21N5O3S. The van der Waals surface area contributed by atoms with Crippen molar-refractivity contribution >= 4 is 22.5 Å². The quantitative estimate of drug-likeness (QED) is 0.852. The van der Waals surface area contributed by atoms with Crippen molar-refractivity contribution in [2.45, 2.75) is 13.0 Å². The van der Waals surface area contributed by atoms with Gasteiger partial charge in [-0.1, -0.05) is 11.3 Å². The van der Waals surface area contributed by atoms with Crippen LogP contribution in [0.1, 0.15) is 10.8 Å². The Morgan fingerprint density at radius 3 is 3.00 bits per heavy atom. The Bertz CT molecular complexity index is 639. The highest BCUT2D eigenvalue weighted by Gasteiger charge is 2.15. The van der Waals surface area contributed by atoms with E-state index < -0.39 is 0 Å². The van der Waals surface area contributed by atoms with E-state index in [9.17, 15) is 4.79 Å². The third-order valence-electron chi connectivity index (χ3n) is 3.75. The summed E-state index contributed by atoms with van der Waals surface area (Å²) in [4.78, 5) is 16.0. The average Bonchev–Trinajstić information content (AvgIpc) is 3.26. The fraction of sp³-hybridized carbons (Fsp3) is 0.533. The summed E-state index contributed by atoms with van der Waals surface area (Å²) in [6, 6.07) is 3.40. The lowest BCUT2D eigenvalue weighted by molar-refractivity contribution is 0.0384. The van der Waals surface area contributed by atoms with Crippen molar-refractivity contribution in [2.24, 2.45) is 0 Å². The van der Waals surface area contributed by atoms with Crippen LogP contribution < -0.4 is 5.32 Å². The van der Waals surface area contributed by atoms with E-state index in [0.29, 0.717) is 11.7 Å². The van der Waals surface area contributed by atoms with Gasteiger partial charge in [-0.15, -0.1) is 10.2 Å². The number of amides is 2. The van der Waals surface area contributed by atoms with E-state index in [1.165, 1.54) is 16.2 Å². The van der Waals surface area contributed by atoms with Crippen LogP contribution >= 0.6 is 11.3 Å². The molecule has 1 N–H and O–H groups in total. The number of hydrogen-bond donors (Lipinski definition) is 1. The van der Waals surface area contributed by atoms with Gasteiger partial charge < -0.3 is 14.1 Å². The maximum absolute atomic E-state index is 12.1. The Labute approximate surface area is 144 Å². The molecule has 24 heavy (non-hydrogen) atoms. The second-order valence-electron chi connectivity index (χ2n) is 5.57. The molecule has 1 fully saturated rings. The molecule has 0 atom stereocenters. The lowest BCUT2D eigenvalue weighted by atomic mass is 10.3. The topological polar surface area (TPSA) is 83.7 Å². The van der Waals surface area contributed by atoms with Gasteiger partial charge in [-0.05, 0) is 12.1 Å². The number of nitrogens with zero attached hydrogens (tertiary/aromatic N) is 4. The smallest absolute Gasteiger partial charge is 0.323 e. The van der Waals surface area contributed by atoms with Crippen LogP contribution in [-0.4, -0.2) is 65.9 Å². The van der Waals surface area contributed by atoms with Crippen LogP contribution in [0.3, 0.4) is 0 Å². The zero-order valence-corrected chi connectivity index (χ0v) is 14.4. The van der Waals surface area contributed by atoms with Crippen LogP contribution in [-0.2, 0) is 17.7 Å². The number of anilines is 1. The molecule has 0 bridgehead atoms. The first-order valence-electron chi connectivity index (χ1n) is 7.87. The van der Waals surface area contributed by atoms with Gasteiger partial charge in [-0.2, -0.15) is 0 Å². The van der Waals surface area contributed by atoms with E-state index in [1.807, 2.05) is 6.07 Å². The summed E-state index contributed by atoms with van der Waals surface area (Å²) in [6.45, 7) is 4.84. The minimum Gasteiger partial charge on any atom is -0.467 e. The maximum Gasteiger partial charge on any atom is 0.323 e. The van der Waals surface area contributed by atoms with E-state index >= 15 is 0 Å². The van der Waals surface area contributed by atoms with Gasteiger partial charge in [0.25, 0.3) is 0 Å². The Morgan fingerprint density at radius 2 is 2.25 bits per heavy atom. The minimum atomic E-state index is -0.234. The molecule has 1 aliphatic heterocycles. The molecule has 130 valence electrons. The van der Waals surface area contributed by atoms with Gasteiger partial charge in [0.1, 0.15) is 10.8 Å². The lowest BCUT2D eigenvalue weighted by Crippen LogP contribution is -2.37. The predicted octanol–water partition coefficient (Wildman–Crippen LogP) is 1.67. The summed E-state index contributed by atoms with van der Waals surface area (Å²) in [6.07, 6.45) is 2.42. The monoisotopic (exact) mass is 351 g/mol. The first kappa shape index (κ1) is 16.9. The first-order chi connectivity index (χ1) is 11.7. The molecule has 1 aliphatic rings. The Hall–Kier alpha value is -1.97. The summed E-state index contributed by atoms with van der Waals surface area (Å²) in [7, 11) is 1.71. The predicted molar refractivity (Wildman–Crippen MR) is 90.1 cm³/mol. The van der Waals surface area contributed by atoms with Crippen molar-refractivity contribution in [1.82, 2.24) is 20.0 Å². The number of carbonyl (C=O) groups excluding carboxylic acids is 1. The van der Waals surface area contributed by atoms with Crippen molar-refractivity contribution in [2.75, 3.05) is 45.2 Å². The largest absolute Gasteiger partial charge is 0.467 e. The molecular weight excluding hydrogens is 330 g/mol. The van der Waals surface area contributed by atoms with Crippen molar-refractivity contribution in [3.8, 4) is 0 Å². The molecule has 0 unspecified atom stereocenters. The van der Waals surface area contributed by atoms with Gasteiger partial charge in [0.2, 0.25) is 5.13 Å². The zero-order valence-electron chi connectivity index (χ0n) is 13.6. The third-order valence-corrected chi connectivity index (χ3v) is 4.64. The molecule has 2 aromatic heterocycles. The van der Waals surface area contributed by atoms with E-state index in [0.717, 1.165) is 50.0 Å². The van der Waals surface area contributed by atoms with Crippen molar-refractivity contribution < 1.29 is 13.9 Å². The Kier molecular flexibility index (Phi) is 5.78. The van der Waals surface area contributed by atoms with E-state index in [2.05, 4.69) is 20.4 Å². The molecule has 2 amide bonds. The molecule has 0 saturated carbocycles. The number of rotatable bonds is 6. The highest BCUT2D eigenvalue weighted by Crippen LogP contribution is 2.17. The average molecular weight is 351 g/mol. The summed E-state index contributed by atoms with van der Waals surface area (Å²) in [5.74, 6) is 0.733. The fourth-order valence-corrected chi connectivity index (χ4v) is 3.10. The van der Waals surface area contributed by atoms with Crippen LogP contribution in [0.25, 0.3) is 0 Å². The van der Waals surface area contributed by atoms with E-state index in [1.54, 1.807) is 19.4 Å². The number of ether oxygens (including phenoxy) is 1. The number of furan rings is 1. The van der Waals surface area contributed by atoms with Crippen molar-refractivity contribution in [1.29, 1.82) is 0 Å². The standard InChI is InChI=1S/C15H21N5O3S/c1-19(11-12-3-2-8-23-12)15(21)16-14-18-17-13(24-14)4-5-20-6-9-22-10-7-20/h2-3,8H,4-7,9-11H2,1H3,(H,16,18,21). The first-order valence-corrected chi connectivity index (χ1v) is 8.69. The molecule has 0 aromatic carbocycles. The van der Waals surface area contributed by atoms with Crippen LogP contribution in [0.15, 0.2) is 22.8 Å². The summed E-state index contributed by atoms with van der Waals surface area (Å²) in [5.41, 5.74) is 0. The molecule has 0 radical (unpaired) electrons. The van der Waals surface area contributed by atoms with Gasteiger partial charge in [0.15, 0.2) is 0 Å². The Morgan fingerprint density at radius 1 is 1.42 bits per heavy atom. The van der Waals surface area contributed by atoms with Gasteiger partial charge in [-0.3, -0.25) is 10.2 Å². The zero-order chi connectivity index (χ0) is 16.8. The molecule has 9 heteroatoms. The highest BCUT2D eigenvalue weighted by molar-refractivity contribution is 7.15. The number of hydrogen-bond acceptors (Lipinski definition) is 7. The van der Waals surface area contributed by atoms with Crippen molar-refractivity contribution in [3.05, 3.63) is 29.2 Å². The van der Waals surface area contributed by atoms with Crippen LogP contribution in [0.5, 0.6) is 0 Å². The molecule has 3 rings (SSSR count). The van der Waals surface area contributed by atoms with Gasteiger partial charge in [0, 0.05) is 33.1 Å².